The lowest BCUT2D eigenvalue weighted by atomic mass is 10.2. The maximum atomic E-state index is 13.6. The van der Waals surface area contributed by atoms with Crippen LogP contribution in [0.1, 0.15) is 19.8 Å². The van der Waals surface area contributed by atoms with E-state index in [2.05, 4.69) is 27.2 Å². The molecule has 11 nitrogen and oxygen atoms in total. The minimum absolute atomic E-state index is 0.220. The van der Waals surface area contributed by atoms with Gasteiger partial charge in [0.15, 0.2) is 16.0 Å². The zero-order valence-electron chi connectivity index (χ0n) is 24.0. The van der Waals surface area contributed by atoms with E-state index < -0.39 is 0 Å². The van der Waals surface area contributed by atoms with Gasteiger partial charge in [0.2, 0.25) is 5.88 Å². The van der Waals surface area contributed by atoms with Crippen molar-refractivity contribution in [1.82, 2.24) is 34.2 Å². The molecule has 0 spiro atoms. The van der Waals surface area contributed by atoms with Crippen LogP contribution in [-0.4, -0.2) is 106 Å². The van der Waals surface area contributed by atoms with E-state index in [1.54, 1.807) is 30.1 Å². The first-order chi connectivity index (χ1) is 19.2. The van der Waals surface area contributed by atoms with Crippen LogP contribution in [0.15, 0.2) is 35.4 Å². The van der Waals surface area contributed by atoms with Crippen molar-refractivity contribution < 1.29 is 9.47 Å². The topological polar surface area (TPSA) is 101 Å². The second-order valence-electron chi connectivity index (χ2n) is 9.46. The lowest BCUT2D eigenvalue weighted by Gasteiger charge is -2.32. The third-order valence-corrected chi connectivity index (χ3v) is 7.13. The standard InChI is InChI=1S/C27H38N8O3S2/c1-7-14-38-15-13-34-22-16-20(19-9-10-23(37-6)30-17-19)29-18-21(22)31-24(25(34)36)28-11-8-12-35(26(39)32(2)3)27(40)33(4)5/h9-10,16-18H,7-8,11-15H2,1-6H3,(H,28,31). The van der Waals surface area contributed by atoms with Crippen molar-refractivity contribution in [2.45, 2.75) is 26.3 Å². The van der Waals surface area contributed by atoms with Crippen LogP contribution >= 0.6 is 24.4 Å². The smallest absolute Gasteiger partial charge is 0.293 e. The molecule has 13 heteroatoms. The zero-order chi connectivity index (χ0) is 29.2. The second-order valence-corrected chi connectivity index (χ2v) is 10.2. The van der Waals surface area contributed by atoms with Gasteiger partial charge in [-0.2, -0.15) is 0 Å². The fourth-order valence-corrected chi connectivity index (χ4v) is 4.31. The number of methoxy groups -OCH3 is 1. The fraction of sp³-hybridized carbons (Fsp3) is 0.481. The summed E-state index contributed by atoms with van der Waals surface area (Å²) < 4.78 is 12.6. The van der Waals surface area contributed by atoms with E-state index in [0.29, 0.717) is 72.1 Å². The number of rotatable bonds is 12. The van der Waals surface area contributed by atoms with Crippen molar-refractivity contribution >= 4 is 51.5 Å². The van der Waals surface area contributed by atoms with E-state index >= 15 is 0 Å². The van der Waals surface area contributed by atoms with Crippen LogP contribution in [0.25, 0.3) is 22.3 Å². The monoisotopic (exact) mass is 586 g/mol. The van der Waals surface area contributed by atoms with Gasteiger partial charge in [-0.25, -0.2) is 9.97 Å². The number of hydrogen-bond acceptors (Lipinski definition) is 9. The Balaban J connectivity index is 1.85. The molecule has 0 unspecified atom stereocenters. The Hall–Kier alpha value is -3.42. The summed E-state index contributed by atoms with van der Waals surface area (Å²) in [6.07, 6.45) is 4.96. The normalized spacial score (nSPS) is 10.8. The molecule has 0 aliphatic heterocycles. The van der Waals surface area contributed by atoms with Crippen LogP contribution in [0, 0.1) is 0 Å². The highest BCUT2D eigenvalue weighted by molar-refractivity contribution is 7.81. The summed E-state index contributed by atoms with van der Waals surface area (Å²) in [5.74, 6) is 0.780. The van der Waals surface area contributed by atoms with Crippen LogP contribution in [0.3, 0.4) is 0 Å². The summed E-state index contributed by atoms with van der Waals surface area (Å²) in [5.41, 5.74) is 2.55. The molecule has 216 valence electrons. The van der Waals surface area contributed by atoms with Crippen molar-refractivity contribution in [3.05, 3.63) is 40.9 Å². The molecule has 0 saturated carbocycles. The van der Waals surface area contributed by atoms with E-state index in [1.165, 1.54) is 0 Å². The minimum atomic E-state index is -0.220. The molecule has 0 radical (unpaired) electrons. The Morgan fingerprint density at radius 1 is 1.05 bits per heavy atom. The van der Waals surface area contributed by atoms with E-state index in [-0.39, 0.29) is 11.4 Å². The summed E-state index contributed by atoms with van der Waals surface area (Å²) in [6, 6.07) is 5.51. The van der Waals surface area contributed by atoms with Crippen molar-refractivity contribution in [2.24, 2.45) is 0 Å². The van der Waals surface area contributed by atoms with Gasteiger partial charge in [0, 0.05) is 72.3 Å². The zero-order valence-corrected chi connectivity index (χ0v) is 25.6. The van der Waals surface area contributed by atoms with Crippen LogP contribution in [0.2, 0.25) is 0 Å². The van der Waals surface area contributed by atoms with E-state index in [0.717, 1.165) is 12.0 Å². The molecular weight excluding hydrogens is 548 g/mol. The Labute approximate surface area is 246 Å². The third kappa shape index (κ3) is 7.83. The number of fused-ring (bicyclic) bond motifs is 1. The Morgan fingerprint density at radius 2 is 1.77 bits per heavy atom. The predicted octanol–water partition coefficient (Wildman–Crippen LogP) is 3.09. The van der Waals surface area contributed by atoms with Gasteiger partial charge in [-0.15, -0.1) is 0 Å². The number of pyridine rings is 2. The van der Waals surface area contributed by atoms with Crippen molar-refractivity contribution in [3.8, 4) is 17.1 Å². The SMILES string of the molecule is CCCOCCn1c(=O)c(NCCCN(C(=S)N(C)C)C(=S)N(C)C)nc2cnc(-c3ccc(OC)nc3)cc21. The van der Waals surface area contributed by atoms with Crippen LogP contribution in [0.5, 0.6) is 5.88 Å². The Kier molecular flexibility index (Phi) is 11.5. The number of nitrogens with one attached hydrogen (secondary N) is 1. The molecule has 0 bridgehead atoms. The average molecular weight is 587 g/mol. The molecule has 3 rings (SSSR count). The summed E-state index contributed by atoms with van der Waals surface area (Å²) in [4.78, 5) is 32.7. The number of hydrogen-bond donors (Lipinski definition) is 1. The third-order valence-electron chi connectivity index (χ3n) is 5.96. The highest BCUT2D eigenvalue weighted by atomic mass is 32.1. The molecule has 0 saturated heterocycles. The maximum Gasteiger partial charge on any atom is 0.293 e. The lowest BCUT2D eigenvalue weighted by Crippen LogP contribution is -2.48. The number of ether oxygens (including phenoxy) is 2. The predicted molar refractivity (Wildman–Crippen MR) is 167 cm³/mol. The molecule has 3 aromatic heterocycles. The van der Waals surface area contributed by atoms with Crippen molar-refractivity contribution in [2.75, 3.05) is 66.9 Å². The summed E-state index contributed by atoms with van der Waals surface area (Å²) >= 11 is 11.1. The molecule has 1 N–H and O–H groups in total. The van der Waals surface area contributed by atoms with E-state index in [9.17, 15) is 4.79 Å². The van der Waals surface area contributed by atoms with E-state index in [1.807, 2.05) is 55.0 Å². The molecule has 0 fully saturated rings. The minimum Gasteiger partial charge on any atom is -0.481 e. The molecule has 0 amide bonds. The van der Waals surface area contributed by atoms with Crippen molar-refractivity contribution in [1.29, 1.82) is 0 Å². The van der Waals surface area contributed by atoms with Crippen LogP contribution in [0.4, 0.5) is 5.82 Å². The summed E-state index contributed by atoms with van der Waals surface area (Å²) in [7, 11) is 9.13. The van der Waals surface area contributed by atoms with Gasteiger partial charge in [0.05, 0.1) is 31.1 Å². The first-order valence-corrected chi connectivity index (χ1v) is 13.9. The molecule has 40 heavy (non-hydrogen) atoms. The number of aromatic nitrogens is 4. The fourth-order valence-electron chi connectivity index (χ4n) is 3.90. The van der Waals surface area contributed by atoms with Crippen LogP contribution < -0.4 is 15.6 Å². The molecule has 3 heterocycles. The quantitative estimate of drug-likeness (QED) is 0.249. The van der Waals surface area contributed by atoms with Gasteiger partial charge >= 0.3 is 0 Å². The summed E-state index contributed by atoms with van der Waals surface area (Å²) in [5, 5.41) is 4.48. The Bertz CT molecular complexity index is 1340. The van der Waals surface area contributed by atoms with Crippen LogP contribution in [-0.2, 0) is 11.3 Å². The lowest BCUT2D eigenvalue weighted by molar-refractivity contribution is 0.127. The maximum absolute atomic E-state index is 13.6. The van der Waals surface area contributed by atoms with E-state index in [4.69, 9.17) is 33.9 Å². The highest BCUT2D eigenvalue weighted by Crippen LogP contribution is 2.22. The molecule has 0 atom stereocenters. The largest absolute Gasteiger partial charge is 0.481 e. The van der Waals surface area contributed by atoms with Gasteiger partial charge in [-0.1, -0.05) is 6.92 Å². The van der Waals surface area contributed by atoms with Gasteiger partial charge in [0.25, 0.3) is 5.56 Å². The van der Waals surface area contributed by atoms with Crippen molar-refractivity contribution in [3.63, 3.8) is 0 Å². The second kappa shape index (κ2) is 14.8. The molecule has 3 aromatic rings. The molecule has 0 aliphatic carbocycles. The highest BCUT2D eigenvalue weighted by Gasteiger charge is 2.18. The molecule has 0 aliphatic rings. The molecule has 0 aromatic carbocycles. The van der Waals surface area contributed by atoms with Gasteiger partial charge in [-0.3, -0.25) is 14.7 Å². The van der Waals surface area contributed by atoms with Gasteiger partial charge in [0.1, 0.15) is 5.52 Å². The van der Waals surface area contributed by atoms with Gasteiger partial charge < -0.3 is 29.2 Å². The number of anilines is 1. The molecular formula is C27H38N8O3S2. The first kappa shape index (κ1) is 31.1. The number of nitrogens with zero attached hydrogens (tertiary/aromatic N) is 7. The Morgan fingerprint density at radius 3 is 2.38 bits per heavy atom. The summed E-state index contributed by atoms with van der Waals surface area (Å²) in [6.45, 7) is 4.58. The van der Waals surface area contributed by atoms with Gasteiger partial charge in [-0.05, 0) is 49.4 Å². The first-order valence-electron chi connectivity index (χ1n) is 13.1. The number of thiocarbonyl (C=S) groups is 2. The average Bonchev–Trinajstić information content (AvgIpc) is 2.95.